The van der Waals surface area contributed by atoms with E-state index in [1.165, 1.54) is 19.2 Å². The molecule has 0 fully saturated rings. The summed E-state index contributed by atoms with van der Waals surface area (Å²) in [6.07, 6.45) is 0. The van der Waals surface area contributed by atoms with Gasteiger partial charge in [-0.3, -0.25) is 9.36 Å². The second kappa shape index (κ2) is 6.88. The fourth-order valence-electron chi connectivity index (χ4n) is 2.93. The number of carbonyl (C=O) groups is 1. The Kier molecular flexibility index (Phi) is 4.75. The van der Waals surface area contributed by atoms with E-state index in [-0.39, 0.29) is 28.0 Å². The Morgan fingerprint density at radius 1 is 1.33 bits per heavy atom. The summed E-state index contributed by atoms with van der Waals surface area (Å²) in [6, 6.07) is 6.04. The number of anilines is 2. The van der Waals surface area contributed by atoms with Crippen molar-refractivity contribution in [2.75, 3.05) is 19.4 Å². The third kappa shape index (κ3) is 3.43. The summed E-state index contributed by atoms with van der Waals surface area (Å²) in [5.41, 5.74) is 0.103. The lowest BCUT2D eigenvalue weighted by Crippen LogP contribution is -2.23. The second-order valence-corrected chi connectivity index (χ2v) is 6.69. The Balaban J connectivity index is 2.25. The summed E-state index contributed by atoms with van der Waals surface area (Å²) < 4.78 is 21.1. The molecule has 0 saturated heterocycles. The zero-order valence-corrected chi connectivity index (χ0v) is 15.5. The first-order chi connectivity index (χ1) is 12.7. The molecular formula is C19H20FN3O4. The Morgan fingerprint density at radius 3 is 2.63 bits per heavy atom. The van der Waals surface area contributed by atoms with Crippen LogP contribution in [-0.2, 0) is 13.6 Å². The van der Waals surface area contributed by atoms with Crippen LogP contribution in [0, 0.1) is 12.7 Å². The predicted octanol–water partition coefficient (Wildman–Crippen LogP) is 3.08. The SMILES string of the molecule is Cc1ccc(Nc2c(C(=O)O)c3oc(CN(C)C)cc3c(=O)n2C)c(F)c1. The van der Waals surface area contributed by atoms with Crippen LogP contribution in [0.4, 0.5) is 15.9 Å². The maximum Gasteiger partial charge on any atom is 0.343 e. The van der Waals surface area contributed by atoms with Crippen molar-refractivity contribution in [2.45, 2.75) is 13.5 Å². The van der Waals surface area contributed by atoms with Crippen LogP contribution in [0.15, 0.2) is 33.5 Å². The fourth-order valence-corrected chi connectivity index (χ4v) is 2.93. The van der Waals surface area contributed by atoms with Crippen molar-refractivity contribution < 1.29 is 18.7 Å². The van der Waals surface area contributed by atoms with Gasteiger partial charge in [0.25, 0.3) is 5.56 Å². The molecule has 0 spiro atoms. The van der Waals surface area contributed by atoms with Crippen molar-refractivity contribution in [1.82, 2.24) is 9.47 Å². The Hall–Kier alpha value is -3.13. The number of hydrogen-bond donors (Lipinski definition) is 2. The van der Waals surface area contributed by atoms with Gasteiger partial charge in [0, 0.05) is 7.05 Å². The van der Waals surface area contributed by atoms with Gasteiger partial charge in [0.05, 0.1) is 17.6 Å². The number of nitrogens with zero attached hydrogens (tertiary/aromatic N) is 2. The highest BCUT2D eigenvalue weighted by atomic mass is 19.1. The molecule has 0 aliphatic heterocycles. The number of halogens is 1. The van der Waals surface area contributed by atoms with E-state index in [0.29, 0.717) is 12.3 Å². The van der Waals surface area contributed by atoms with Crippen LogP contribution < -0.4 is 10.9 Å². The minimum absolute atomic E-state index is 0.0301. The third-order valence-electron chi connectivity index (χ3n) is 4.18. The summed E-state index contributed by atoms with van der Waals surface area (Å²) in [5.74, 6) is -1.41. The molecule has 0 unspecified atom stereocenters. The largest absolute Gasteiger partial charge is 0.477 e. The van der Waals surface area contributed by atoms with Crippen molar-refractivity contribution in [3.63, 3.8) is 0 Å². The molecule has 0 atom stereocenters. The number of fused-ring (bicyclic) bond motifs is 1. The van der Waals surface area contributed by atoms with Crippen LogP contribution in [0.2, 0.25) is 0 Å². The summed E-state index contributed by atoms with van der Waals surface area (Å²) >= 11 is 0. The predicted molar refractivity (Wildman–Crippen MR) is 100 cm³/mol. The van der Waals surface area contributed by atoms with E-state index in [2.05, 4.69) is 5.32 Å². The van der Waals surface area contributed by atoms with E-state index >= 15 is 0 Å². The van der Waals surface area contributed by atoms with Gasteiger partial charge in [-0.15, -0.1) is 0 Å². The lowest BCUT2D eigenvalue weighted by atomic mass is 10.1. The van der Waals surface area contributed by atoms with Crippen molar-refractivity contribution in [2.24, 2.45) is 7.05 Å². The first-order valence-electron chi connectivity index (χ1n) is 8.25. The molecule has 142 valence electrons. The monoisotopic (exact) mass is 373 g/mol. The number of pyridine rings is 1. The molecule has 2 aromatic heterocycles. The van der Waals surface area contributed by atoms with Gasteiger partial charge in [-0.05, 0) is 44.8 Å². The summed E-state index contributed by atoms with van der Waals surface area (Å²) in [7, 11) is 5.09. The van der Waals surface area contributed by atoms with Gasteiger partial charge >= 0.3 is 5.97 Å². The molecule has 0 radical (unpaired) electrons. The van der Waals surface area contributed by atoms with Crippen molar-refractivity contribution in [3.05, 3.63) is 57.3 Å². The number of rotatable bonds is 5. The van der Waals surface area contributed by atoms with Gasteiger partial charge < -0.3 is 19.7 Å². The molecule has 0 aliphatic rings. The molecule has 8 heteroatoms. The number of aromatic nitrogens is 1. The van der Waals surface area contributed by atoms with Gasteiger partial charge in [0.15, 0.2) is 5.58 Å². The third-order valence-corrected chi connectivity index (χ3v) is 4.18. The minimum atomic E-state index is -1.28. The van der Waals surface area contributed by atoms with Crippen LogP contribution in [0.1, 0.15) is 21.7 Å². The first kappa shape index (κ1) is 18.7. The lowest BCUT2D eigenvalue weighted by Gasteiger charge is -2.15. The van der Waals surface area contributed by atoms with Crippen LogP contribution in [0.3, 0.4) is 0 Å². The van der Waals surface area contributed by atoms with E-state index in [4.69, 9.17) is 4.42 Å². The van der Waals surface area contributed by atoms with E-state index in [9.17, 15) is 19.1 Å². The average molecular weight is 373 g/mol. The van der Waals surface area contributed by atoms with E-state index in [0.717, 1.165) is 10.1 Å². The molecule has 2 N–H and O–H groups in total. The highest BCUT2D eigenvalue weighted by Gasteiger charge is 2.25. The first-order valence-corrected chi connectivity index (χ1v) is 8.25. The smallest absolute Gasteiger partial charge is 0.343 e. The fraction of sp³-hybridized carbons (Fsp3) is 0.263. The molecule has 3 rings (SSSR count). The topological polar surface area (TPSA) is 87.7 Å². The quantitative estimate of drug-likeness (QED) is 0.715. The zero-order chi connectivity index (χ0) is 19.9. The summed E-state index contributed by atoms with van der Waals surface area (Å²) in [6.45, 7) is 2.15. The zero-order valence-electron chi connectivity index (χ0n) is 15.5. The Morgan fingerprint density at radius 2 is 2.04 bits per heavy atom. The number of aryl methyl sites for hydroxylation is 1. The number of nitrogens with one attached hydrogen (secondary N) is 1. The van der Waals surface area contributed by atoms with Gasteiger partial charge in [-0.1, -0.05) is 6.07 Å². The molecule has 3 aromatic rings. The maximum absolute atomic E-state index is 14.2. The van der Waals surface area contributed by atoms with Gasteiger partial charge in [-0.2, -0.15) is 0 Å². The normalized spacial score (nSPS) is 11.3. The van der Waals surface area contributed by atoms with Gasteiger partial charge in [0.2, 0.25) is 0 Å². The molecule has 0 saturated carbocycles. The molecule has 7 nitrogen and oxygen atoms in total. The maximum atomic E-state index is 14.2. The molecule has 0 aliphatic carbocycles. The average Bonchev–Trinajstić information content (AvgIpc) is 2.96. The van der Waals surface area contributed by atoms with Crippen molar-refractivity contribution in [3.8, 4) is 0 Å². The number of benzene rings is 1. The second-order valence-electron chi connectivity index (χ2n) is 6.69. The molecule has 2 heterocycles. The van der Waals surface area contributed by atoms with E-state index < -0.39 is 17.3 Å². The summed E-state index contributed by atoms with van der Waals surface area (Å²) in [5, 5.41) is 12.6. The molecule has 0 amide bonds. The highest BCUT2D eigenvalue weighted by Crippen LogP contribution is 2.29. The van der Waals surface area contributed by atoms with Crippen LogP contribution in [0.5, 0.6) is 0 Å². The molecule has 0 bridgehead atoms. The number of hydrogen-bond acceptors (Lipinski definition) is 5. The Labute approximate surface area is 154 Å². The van der Waals surface area contributed by atoms with Crippen molar-refractivity contribution in [1.29, 1.82) is 0 Å². The van der Waals surface area contributed by atoms with Crippen LogP contribution >= 0.6 is 0 Å². The molecule has 1 aromatic carbocycles. The number of aromatic carboxylic acids is 1. The van der Waals surface area contributed by atoms with E-state index in [1.54, 1.807) is 19.1 Å². The van der Waals surface area contributed by atoms with Crippen molar-refractivity contribution >= 4 is 28.4 Å². The van der Waals surface area contributed by atoms with Crippen LogP contribution in [-0.4, -0.2) is 34.6 Å². The standard InChI is InChI=1S/C19H20FN3O4/c1-10-5-6-14(13(20)7-10)21-17-15(19(25)26)16-12(18(24)23(17)4)8-11(27-16)9-22(2)3/h5-8,21H,9H2,1-4H3,(H,25,26). The minimum Gasteiger partial charge on any atom is -0.477 e. The van der Waals surface area contributed by atoms with Crippen LogP contribution in [0.25, 0.3) is 11.0 Å². The highest BCUT2D eigenvalue weighted by molar-refractivity contribution is 6.06. The summed E-state index contributed by atoms with van der Waals surface area (Å²) in [4.78, 5) is 26.5. The molecular weight excluding hydrogens is 353 g/mol. The number of carboxylic acids is 1. The van der Waals surface area contributed by atoms with Gasteiger partial charge in [0.1, 0.15) is 23.0 Å². The number of carboxylic acid groups (broad SMARTS) is 1. The Bertz CT molecular complexity index is 1100. The van der Waals surface area contributed by atoms with E-state index in [1.807, 2.05) is 19.0 Å². The lowest BCUT2D eigenvalue weighted by molar-refractivity contribution is 0.0698. The molecule has 27 heavy (non-hydrogen) atoms. The van der Waals surface area contributed by atoms with Gasteiger partial charge in [-0.25, -0.2) is 9.18 Å². The number of furan rings is 1.